The van der Waals surface area contributed by atoms with Gasteiger partial charge >= 0.3 is 0 Å². The van der Waals surface area contributed by atoms with Crippen LogP contribution in [-0.4, -0.2) is 22.0 Å². The van der Waals surface area contributed by atoms with Crippen LogP contribution >= 0.6 is 34.9 Å². The summed E-state index contributed by atoms with van der Waals surface area (Å²) in [4.78, 5) is 17.0. The molecule has 0 aliphatic carbocycles. The van der Waals surface area contributed by atoms with Crippen LogP contribution < -0.4 is 15.6 Å². The number of aryl methyl sites for hydroxylation is 1. The molecule has 0 aromatic carbocycles. The Hall–Kier alpha value is -1.51. The minimum Gasteiger partial charge on any atom is -0.376 e. The lowest BCUT2D eigenvalue weighted by Crippen LogP contribution is -2.33. The molecule has 5 nitrogen and oxygen atoms in total. The molecule has 3 heterocycles. The van der Waals surface area contributed by atoms with Crippen LogP contribution in [-0.2, 0) is 11.8 Å². The van der Waals surface area contributed by atoms with E-state index in [0.29, 0.717) is 6.42 Å². The number of thiazole rings is 1. The Kier molecular flexibility index (Phi) is 5.47. The van der Waals surface area contributed by atoms with Gasteiger partial charge in [0.05, 0.1) is 17.5 Å². The molecule has 0 fully saturated rings. The molecule has 0 bridgehead atoms. The van der Waals surface area contributed by atoms with E-state index in [2.05, 4.69) is 22.8 Å². The molecule has 126 valence electrons. The number of nitrogens with one attached hydrogen (secondary N) is 1. The van der Waals surface area contributed by atoms with E-state index in [1.807, 2.05) is 30.9 Å². The topological polar surface area (TPSA) is 71.9 Å². The number of hydrogen-bond acceptors (Lipinski definition) is 6. The zero-order valence-electron chi connectivity index (χ0n) is 13.5. The van der Waals surface area contributed by atoms with E-state index < -0.39 is 0 Å². The number of aromatic nitrogens is 2. The van der Waals surface area contributed by atoms with Gasteiger partial charge in [-0.15, -0.1) is 23.1 Å². The number of amides is 1. The molecule has 1 amide bonds. The summed E-state index contributed by atoms with van der Waals surface area (Å²) < 4.78 is 3.04. The van der Waals surface area contributed by atoms with Gasteiger partial charge < -0.3 is 11.1 Å². The number of primary amides is 1. The Morgan fingerprint density at radius 3 is 2.92 bits per heavy atom. The quantitative estimate of drug-likeness (QED) is 0.781. The number of rotatable bonds is 5. The van der Waals surface area contributed by atoms with E-state index in [-0.39, 0.29) is 11.3 Å². The Bertz CT molecular complexity index is 770. The summed E-state index contributed by atoms with van der Waals surface area (Å²) in [7, 11) is 2.00. The number of hydrogen-bond donors (Lipinski definition) is 2. The Labute approximate surface area is 153 Å². The number of carbonyl (C=O) groups excluding carboxylic acids is 1. The summed E-state index contributed by atoms with van der Waals surface area (Å²) in [6.45, 7) is 2.04. The lowest BCUT2D eigenvalue weighted by Gasteiger charge is -2.26. The first-order valence-corrected chi connectivity index (χ1v) is 10.2. The van der Waals surface area contributed by atoms with E-state index >= 15 is 0 Å². The van der Waals surface area contributed by atoms with Crippen molar-refractivity contribution in [2.75, 3.05) is 5.75 Å². The fraction of sp³-hybridized carbons (Fsp3) is 0.312. The molecule has 24 heavy (non-hydrogen) atoms. The van der Waals surface area contributed by atoms with Gasteiger partial charge in [0.2, 0.25) is 5.91 Å². The van der Waals surface area contributed by atoms with Crippen molar-refractivity contribution >= 4 is 40.8 Å². The van der Waals surface area contributed by atoms with Gasteiger partial charge in [-0.25, -0.2) is 9.55 Å². The maximum atomic E-state index is 11.0. The van der Waals surface area contributed by atoms with Crippen LogP contribution in [0.1, 0.15) is 13.3 Å². The van der Waals surface area contributed by atoms with Gasteiger partial charge in [-0.05, 0) is 6.92 Å². The number of nitrogens with zero attached hydrogens (tertiary/aromatic N) is 2. The van der Waals surface area contributed by atoms with E-state index in [4.69, 9.17) is 10.7 Å². The van der Waals surface area contributed by atoms with Crippen LogP contribution in [0.5, 0.6) is 0 Å². The van der Waals surface area contributed by atoms with E-state index in [1.165, 1.54) is 4.91 Å². The summed E-state index contributed by atoms with van der Waals surface area (Å²) in [5.74, 6) is 0.599. The summed E-state index contributed by atoms with van der Waals surface area (Å²) in [6, 6.07) is 4.14. The lowest BCUT2D eigenvalue weighted by atomic mass is 10.2. The van der Waals surface area contributed by atoms with Crippen LogP contribution in [0, 0.1) is 0 Å². The maximum Gasteiger partial charge on any atom is 0.220 e. The monoisotopic (exact) mass is 379 g/mol. The molecule has 1 aliphatic rings. The van der Waals surface area contributed by atoms with Crippen LogP contribution in [0.4, 0.5) is 0 Å². The number of nitrogens with two attached hydrogens (primary N) is 1. The third kappa shape index (κ3) is 4.31. The summed E-state index contributed by atoms with van der Waals surface area (Å²) in [6.07, 6.45) is 4.40. The van der Waals surface area contributed by atoms with Crippen LogP contribution in [0.15, 0.2) is 44.8 Å². The summed E-state index contributed by atoms with van der Waals surface area (Å²) >= 11 is 5.06. The lowest BCUT2D eigenvalue weighted by molar-refractivity contribution is -0.671. The maximum absolute atomic E-state index is 11.0. The molecule has 3 rings (SSSR count). The number of pyridine rings is 1. The summed E-state index contributed by atoms with van der Waals surface area (Å²) in [5.41, 5.74) is 8.50. The molecule has 1 atom stereocenters. The molecular formula is C16H19N4OS3+. The predicted molar refractivity (Wildman–Crippen MR) is 100 cm³/mol. The summed E-state index contributed by atoms with van der Waals surface area (Å²) in [5, 5.41) is 5.52. The highest BCUT2D eigenvalue weighted by molar-refractivity contribution is 8.07. The van der Waals surface area contributed by atoms with Gasteiger partial charge in [-0.3, -0.25) is 4.79 Å². The normalized spacial score (nSPS) is 17.7. The molecule has 0 radical (unpaired) electrons. The van der Waals surface area contributed by atoms with Crippen LogP contribution in [0.2, 0.25) is 0 Å². The zero-order valence-corrected chi connectivity index (χ0v) is 15.9. The minimum atomic E-state index is -0.273. The van der Waals surface area contributed by atoms with Crippen molar-refractivity contribution in [2.24, 2.45) is 12.8 Å². The van der Waals surface area contributed by atoms with Crippen molar-refractivity contribution in [3.8, 4) is 11.3 Å². The van der Waals surface area contributed by atoms with Gasteiger partial charge in [0.25, 0.3) is 0 Å². The first-order valence-electron chi connectivity index (χ1n) is 7.46. The molecule has 2 aromatic rings. The van der Waals surface area contributed by atoms with E-state index in [9.17, 15) is 4.79 Å². The number of carbonyl (C=O) groups is 1. The molecular weight excluding hydrogens is 360 g/mol. The first kappa shape index (κ1) is 17.3. The average molecular weight is 380 g/mol. The predicted octanol–water partition coefficient (Wildman–Crippen LogP) is 2.50. The van der Waals surface area contributed by atoms with Crippen molar-refractivity contribution in [2.45, 2.75) is 23.1 Å². The molecule has 2 aromatic heterocycles. The van der Waals surface area contributed by atoms with Gasteiger partial charge in [0, 0.05) is 39.4 Å². The second-order valence-electron chi connectivity index (χ2n) is 5.52. The van der Waals surface area contributed by atoms with Gasteiger partial charge in [-0.1, -0.05) is 11.8 Å². The van der Waals surface area contributed by atoms with Crippen molar-refractivity contribution in [1.29, 1.82) is 0 Å². The van der Waals surface area contributed by atoms with Gasteiger partial charge in [0.15, 0.2) is 16.7 Å². The third-order valence-corrected chi connectivity index (χ3v) is 7.03. The highest BCUT2D eigenvalue weighted by atomic mass is 32.2. The zero-order chi connectivity index (χ0) is 17.1. The standard InChI is InChI=1S/C16H18N4OS3/c1-10-13(9-22-15(18-10)7-14(17)21)24-16-19-12(8-23-16)11-3-5-20(2)6-4-11/h3-6,8,15,18H,7,9H2,1-2H3,(H-,17,21)/p+1. The fourth-order valence-corrected chi connectivity index (χ4v) is 5.57. The Morgan fingerprint density at radius 2 is 2.25 bits per heavy atom. The molecule has 8 heteroatoms. The number of allylic oxidation sites excluding steroid dienone is 1. The Morgan fingerprint density at radius 1 is 1.50 bits per heavy atom. The Balaban J connectivity index is 1.68. The second-order valence-corrected chi connectivity index (χ2v) is 8.91. The molecule has 3 N–H and O–H groups in total. The molecule has 1 unspecified atom stereocenters. The molecule has 0 saturated carbocycles. The van der Waals surface area contributed by atoms with Crippen molar-refractivity contribution < 1.29 is 9.36 Å². The van der Waals surface area contributed by atoms with E-state index in [0.717, 1.165) is 27.0 Å². The van der Waals surface area contributed by atoms with Gasteiger partial charge in [-0.2, -0.15) is 0 Å². The van der Waals surface area contributed by atoms with Crippen molar-refractivity contribution in [1.82, 2.24) is 10.3 Å². The fourth-order valence-electron chi connectivity index (χ4n) is 2.26. The van der Waals surface area contributed by atoms with Crippen molar-refractivity contribution in [3.63, 3.8) is 0 Å². The third-order valence-electron chi connectivity index (χ3n) is 3.57. The SMILES string of the molecule is CC1=C(Sc2nc(-c3cc[n+](C)cc3)cs2)CSC(CC(N)=O)N1. The second kappa shape index (κ2) is 7.58. The highest BCUT2D eigenvalue weighted by Gasteiger charge is 2.21. The van der Waals surface area contributed by atoms with Crippen LogP contribution in [0.3, 0.4) is 0 Å². The largest absolute Gasteiger partial charge is 0.376 e. The smallest absolute Gasteiger partial charge is 0.220 e. The molecule has 1 aliphatic heterocycles. The first-order chi connectivity index (χ1) is 11.5. The average Bonchev–Trinajstić information content (AvgIpc) is 2.99. The van der Waals surface area contributed by atoms with Crippen LogP contribution in [0.25, 0.3) is 11.3 Å². The molecule has 0 spiro atoms. The number of thioether (sulfide) groups is 2. The highest BCUT2D eigenvalue weighted by Crippen LogP contribution is 2.38. The van der Waals surface area contributed by atoms with E-state index in [1.54, 1.807) is 34.9 Å². The van der Waals surface area contributed by atoms with Gasteiger partial charge in [0.1, 0.15) is 7.05 Å². The van der Waals surface area contributed by atoms with Crippen molar-refractivity contribution in [3.05, 3.63) is 40.5 Å². The minimum absolute atomic E-state index is 0.0729. The molecule has 0 saturated heterocycles.